The molecule has 0 aliphatic carbocycles. The third kappa shape index (κ3) is 42.9. The fourth-order valence-electron chi connectivity index (χ4n) is 6.82. The van der Waals surface area contributed by atoms with Gasteiger partial charge in [0.05, 0.1) is 0 Å². The lowest BCUT2D eigenvalue weighted by molar-refractivity contribution is -0.167. The first-order valence-electron chi connectivity index (χ1n) is 23.8. The molecule has 0 spiro atoms. The van der Waals surface area contributed by atoms with Gasteiger partial charge in [0.15, 0.2) is 6.10 Å². The summed E-state index contributed by atoms with van der Waals surface area (Å²) in [5, 5.41) is 0. The van der Waals surface area contributed by atoms with E-state index in [0.717, 1.165) is 64.2 Å². The van der Waals surface area contributed by atoms with Gasteiger partial charge in [0.2, 0.25) is 0 Å². The largest absolute Gasteiger partial charge is 0.462 e. The van der Waals surface area contributed by atoms with Crippen molar-refractivity contribution in [3.63, 3.8) is 0 Å². The first-order valence-corrected chi connectivity index (χ1v) is 23.8. The lowest BCUT2D eigenvalue weighted by Crippen LogP contribution is -2.30. The van der Waals surface area contributed by atoms with Gasteiger partial charge in [-0.2, -0.15) is 0 Å². The van der Waals surface area contributed by atoms with E-state index < -0.39 is 6.10 Å². The van der Waals surface area contributed by atoms with E-state index in [1.165, 1.54) is 148 Å². The molecule has 322 valence electrons. The number of esters is 3. The van der Waals surface area contributed by atoms with Crippen LogP contribution < -0.4 is 0 Å². The van der Waals surface area contributed by atoms with Crippen LogP contribution in [0.3, 0.4) is 0 Å². The fourth-order valence-corrected chi connectivity index (χ4v) is 6.82. The van der Waals surface area contributed by atoms with Crippen LogP contribution in [-0.4, -0.2) is 37.2 Å². The maximum absolute atomic E-state index is 12.6. The lowest BCUT2D eigenvalue weighted by Gasteiger charge is -2.18. The molecule has 0 N–H and O–H groups in total. The molecule has 6 nitrogen and oxygen atoms in total. The molecular formula is C49H90O6. The second kappa shape index (κ2) is 44.6. The predicted octanol–water partition coefficient (Wildman–Crippen LogP) is 15.2. The molecule has 0 radical (unpaired) electrons. The molecule has 55 heavy (non-hydrogen) atoms. The van der Waals surface area contributed by atoms with Gasteiger partial charge in [-0.15, -0.1) is 0 Å². The quantitative estimate of drug-likeness (QED) is 0.0266. The van der Waals surface area contributed by atoms with E-state index in [0.29, 0.717) is 19.3 Å². The molecule has 0 aromatic carbocycles. The van der Waals surface area contributed by atoms with Crippen LogP contribution in [0.25, 0.3) is 0 Å². The average molecular weight is 775 g/mol. The molecule has 0 aromatic heterocycles. The summed E-state index contributed by atoms with van der Waals surface area (Å²) < 4.78 is 16.6. The van der Waals surface area contributed by atoms with Crippen molar-refractivity contribution in [1.29, 1.82) is 0 Å². The summed E-state index contributed by atoms with van der Waals surface area (Å²) in [7, 11) is 0. The third-order valence-electron chi connectivity index (χ3n) is 10.5. The van der Waals surface area contributed by atoms with E-state index in [-0.39, 0.29) is 31.1 Å². The first-order chi connectivity index (χ1) is 27.0. The number of rotatable bonds is 43. The van der Waals surface area contributed by atoms with Gasteiger partial charge in [-0.1, -0.05) is 206 Å². The highest BCUT2D eigenvalue weighted by atomic mass is 16.6. The lowest BCUT2D eigenvalue weighted by atomic mass is 10.1. The Bertz CT molecular complexity index is 896. The minimum atomic E-state index is -0.763. The van der Waals surface area contributed by atoms with Crippen LogP contribution in [0.4, 0.5) is 0 Å². The molecule has 6 heteroatoms. The van der Waals surface area contributed by atoms with Crippen LogP contribution in [0.5, 0.6) is 0 Å². The first kappa shape index (κ1) is 52.9. The molecule has 1 unspecified atom stereocenters. The second-order valence-electron chi connectivity index (χ2n) is 16.0. The zero-order chi connectivity index (χ0) is 40.1. The number of carbonyl (C=O) groups excluding carboxylic acids is 3. The summed E-state index contributed by atoms with van der Waals surface area (Å²) >= 11 is 0. The Morgan fingerprint density at radius 1 is 0.364 bits per heavy atom. The zero-order valence-corrected chi connectivity index (χ0v) is 36.7. The standard InChI is InChI=1S/C49H90O6/c1-4-7-10-13-16-18-19-20-21-22-23-24-25-26-27-28-29-31-33-36-39-42-48(51)54-45-46(44-53-47(50)41-38-35-32-15-12-9-6-3)55-49(52)43-40-37-34-30-17-14-11-8-5-2/h19-20,22-23,46H,4-18,21,24-45H2,1-3H3/b20-19-,23-22-. The Morgan fingerprint density at radius 3 is 1.00 bits per heavy atom. The molecule has 0 fully saturated rings. The molecule has 0 aliphatic heterocycles. The fraction of sp³-hybridized carbons (Fsp3) is 0.857. The molecule has 0 bridgehead atoms. The van der Waals surface area contributed by atoms with Crippen LogP contribution in [0.1, 0.15) is 252 Å². The van der Waals surface area contributed by atoms with Gasteiger partial charge in [0.1, 0.15) is 13.2 Å². The monoisotopic (exact) mass is 775 g/mol. The maximum atomic E-state index is 12.6. The normalized spacial score (nSPS) is 12.1. The number of hydrogen-bond acceptors (Lipinski definition) is 6. The van der Waals surface area contributed by atoms with Gasteiger partial charge in [-0.05, 0) is 51.4 Å². The Labute approximate surface area is 341 Å². The molecule has 0 heterocycles. The Morgan fingerprint density at radius 2 is 0.655 bits per heavy atom. The SMILES string of the molecule is CCCCCCC/C=C\C/C=C\CCCCCCCCCCCC(=O)OCC(COC(=O)CCCCCCCCC)OC(=O)CCCCCCCCCCC. The number of allylic oxidation sites excluding steroid dienone is 4. The van der Waals surface area contributed by atoms with Crippen LogP contribution >= 0.6 is 0 Å². The molecule has 0 saturated carbocycles. The van der Waals surface area contributed by atoms with Crippen molar-refractivity contribution in [2.75, 3.05) is 13.2 Å². The average Bonchev–Trinajstić information content (AvgIpc) is 3.18. The summed E-state index contributed by atoms with van der Waals surface area (Å²) in [4.78, 5) is 37.5. The van der Waals surface area contributed by atoms with Crippen molar-refractivity contribution in [1.82, 2.24) is 0 Å². The van der Waals surface area contributed by atoms with Crippen molar-refractivity contribution in [3.05, 3.63) is 24.3 Å². The number of ether oxygens (including phenoxy) is 3. The van der Waals surface area contributed by atoms with E-state index in [1.54, 1.807) is 0 Å². The van der Waals surface area contributed by atoms with E-state index >= 15 is 0 Å². The van der Waals surface area contributed by atoms with Crippen molar-refractivity contribution >= 4 is 17.9 Å². The van der Waals surface area contributed by atoms with Crippen LogP contribution in [0.15, 0.2) is 24.3 Å². The highest BCUT2D eigenvalue weighted by Gasteiger charge is 2.19. The topological polar surface area (TPSA) is 78.9 Å². The van der Waals surface area contributed by atoms with Crippen molar-refractivity contribution in [2.24, 2.45) is 0 Å². The molecule has 0 aliphatic rings. The Balaban J connectivity index is 4.15. The van der Waals surface area contributed by atoms with Gasteiger partial charge in [-0.25, -0.2) is 0 Å². The van der Waals surface area contributed by atoms with E-state index in [4.69, 9.17) is 14.2 Å². The Kier molecular flexibility index (Phi) is 42.9. The van der Waals surface area contributed by atoms with Gasteiger partial charge < -0.3 is 14.2 Å². The highest BCUT2D eigenvalue weighted by molar-refractivity contribution is 5.71. The van der Waals surface area contributed by atoms with E-state index in [9.17, 15) is 14.4 Å². The predicted molar refractivity (Wildman–Crippen MR) is 233 cm³/mol. The molecular weight excluding hydrogens is 685 g/mol. The van der Waals surface area contributed by atoms with Gasteiger partial charge in [-0.3, -0.25) is 14.4 Å². The third-order valence-corrected chi connectivity index (χ3v) is 10.5. The molecule has 0 amide bonds. The van der Waals surface area contributed by atoms with Crippen LogP contribution in [0, 0.1) is 0 Å². The van der Waals surface area contributed by atoms with Crippen LogP contribution in [0.2, 0.25) is 0 Å². The summed E-state index contributed by atoms with van der Waals surface area (Å²) in [6, 6.07) is 0. The van der Waals surface area contributed by atoms with E-state index in [2.05, 4.69) is 45.1 Å². The number of carbonyl (C=O) groups is 3. The van der Waals surface area contributed by atoms with E-state index in [1.807, 2.05) is 0 Å². The van der Waals surface area contributed by atoms with Crippen molar-refractivity contribution in [2.45, 2.75) is 258 Å². The summed E-state index contributed by atoms with van der Waals surface area (Å²) in [6.45, 7) is 6.57. The summed E-state index contributed by atoms with van der Waals surface area (Å²) in [6.07, 6.45) is 49.0. The zero-order valence-electron chi connectivity index (χ0n) is 36.7. The molecule has 1 atom stereocenters. The number of unbranched alkanes of at least 4 members (excludes halogenated alkanes) is 28. The summed E-state index contributed by atoms with van der Waals surface area (Å²) in [5.74, 6) is -0.877. The van der Waals surface area contributed by atoms with Crippen LogP contribution in [-0.2, 0) is 28.6 Å². The summed E-state index contributed by atoms with van der Waals surface area (Å²) in [5.41, 5.74) is 0. The maximum Gasteiger partial charge on any atom is 0.306 e. The van der Waals surface area contributed by atoms with Crippen molar-refractivity contribution in [3.8, 4) is 0 Å². The van der Waals surface area contributed by atoms with Gasteiger partial charge in [0, 0.05) is 19.3 Å². The smallest absolute Gasteiger partial charge is 0.306 e. The second-order valence-corrected chi connectivity index (χ2v) is 16.0. The van der Waals surface area contributed by atoms with Gasteiger partial charge in [0.25, 0.3) is 0 Å². The van der Waals surface area contributed by atoms with Gasteiger partial charge >= 0.3 is 17.9 Å². The minimum Gasteiger partial charge on any atom is -0.462 e. The highest BCUT2D eigenvalue weighted by Crippen LogP contribution is 2.15. The molecule has 0 saturated heterocycles. The number of hydrogen-bond donors (Lipinski definition) is 0. The van der Waals surface area contributed by atoms with Crippen molar-refractivity contribution < 1.29 is 28.6 Å². The molecule has 0 aromatic rings. The minimum absolute atomic E-state index is 0.0697. The Hall–Kier alpha value is -2.11. The molecule has 0 rings (SSSR count).